The van der Waals surface area contributed by atoms with E-state index in [1.807, 2.05) is 35.2 Å². The van der Waals surface area contributed by atoms with Crippen LogP contribution in [0.25, 0.3) is 0 Å². The highest BCUT2D eigenvalue weighted by molar-refractivity contribution is 5.80. The molecule has 4 rings (SSSR count). The van der Waals surface area contributed by atoms with Crippen LogP contribution in [-0.4, -0.2) is 60.9 Å². The zero-order valence-electron chi connectivity index (χ0n) is 20.2. The van der Waals surface area contributed by atoms with Gasteiger partial charge in [-0.3, -0.25) is 14.5 Å². The predicted octanol–water partition coefficient (Wildman–Crippen LogP) is 3.65. The molecule has 0 aromatic heterocycles. The quantitative estimate of drug-likeness (QED) is 0.649. The first-order chi connectivity index (χ1) is 16.6. The molecule has 0 unspecified atom stereocenters. The van der Waals surface area contributed by atoms with Crippen LogP contribution in [0, 0.1) is 5.92 Å². The second-order valence-electron chi connectivity index (χ2n) is 9.55. The molecule has 2 aromatic rings. The number of rotatable bonds is 8. The summed E-state index contributed by atoms with van der Waals surface area (Å²) >= 11 is 0. The van der Waals surface area contributed by atoms with E-state index in [9.17, 15) is 9.59 Å². The van der Waals surface area contributed by atoms with Crippen LogP contribution in [0.15, 0.2) is 54.6 Å². The van der Waals surface area contributed by atoms with Gasteiger partial charge in [-0.05, 0) is 55.4 Å². The SMILES string of the molecule is COc1cccc(CN2CCC(NC(=O)C3CCN(C(=O)CCc4ccccc4)CC3)CC2)c1. The number of piperidine rings is 2. The molecular formula is C28H37N3O3. The topological polar surface area (TPSA) is 61.9 Å². The van der Waals surface area contributed by atoms with E-state index in [0.29, 0.717) is 19.5 Å². The van der Waals surface area contributed by atoms with Crippen LogP contribution in [0.2, 0.25) is 0 Å². The summed E-state index contributed by atoms with van der Waals surface area (Å²) in [5.41, 5.74) is 2.45. The second kappa shape index (κ2) is 12.0. The average Bonchev–Trinajstić information content (AvgIpc) is 2.89. The number of hydrogen-bond donors (Lipinski definition) is 1. The number of nitrogens with one attached hydrogen (secondary N) is 1. The van der Waals surface area contributed by atoms with E-state index < -0.39 is 0 Å². The summed E-state index contributed by atoms with van der Waals surface area (Å²) in [6.45, 7) is 4.25. The number of carbonyl (C=O) groups is 2. The monoisotopic (exact) mass is 463 g/mol. The lowest BCUT2D eigenvalue weighted by Gasteiger charge is -2.35. The lowest BCUT2D eigenvalue weighted by Crippen LogP contribution is -2.48. The smallest absolute Gasteiger partial charge is 0.223 e. The van der Waals surface area contributed by atoms with Gasteiger partial charge in [0.05, 0.1) is 7.11 Å². The lowest BCUT2D eigenvalue weighted by atomic mass is 9.94. The highest BCUT2D eigenvalue weighted by Crippen LogP contribution is 2.21. The van der Waals surface area contributed by atoms with Crippen LogP contribution in [0.3, 0.4) is 0 Å². The maximum absolute atomic E-state index is 12.9. The fourth-order valence-corrected chi connectivity index (χ4v) is 5.03. The molecule has 2 heterocycles. The molecule has 6 nitrogen and oxygen atoms in total. The maximum atomic E-state index is 12.9. The minimum absolute atomic E-state index is 0.0213. The standard InChI is InChI=1S/C28H37N3O3/c1-34-26-9-5-8-23(20-26)21-30-16-14-25(15-17-30)29-28(33)24-12-18-31(19-13-24)27(32)11-10-22-6-3-2-4-7-22/h2-9,20,24-25H,10-19,21H2,1H3,(H,29,33). The number of hydrogen-bond acceptors (Lipinski definition) is 4. The van der Waals surface area contributed by atoms with E-state index in [0.717, 1.165) is 57.5 Å². The number of carbonyl (C=O) groups excluding carboxylic acids is 2. The molecule has 34 heavy (non-hydrogen) atoms. The Morgan fingerprint density at radius 1 is 0.912 bits per heavy atom. The van der Waals surface area contributed by atoms with Crippen molar-refractivity contribution in [1.29, 1.82) is 0 Å². The normalized spacial score (nSPS) is 18.0. The molecule has 1 N–H and O–H groups in total. The maximum Gasteiger partial charge on any atom is 0.223 e. The van der Waals surface area contributed by atoms with Crippen molar-refractivity contribution in [1.82, 2.24) is 15.1 Å². The summed E-state index contributed by atoms with van der Waals surface area (Å²) in [4.78, 5) is 29.8. The molecule has 2 saturated heterocycles. The zero-order chi connectivity index (χ0) is 23.8. The number of likely N-dealkylation sites (tertiary alicyclic amines) is 2. The number of ether oxygens (including phenoxy) is 1. The minimum atomic E-state index is 0.0213. The van der Waals surface area contributed by atoms with Gasteiger partial charge < -0.3 is 15.0 Å². The minimum Gasteiger partial charge on any atom is -0.497 e. The zero-order valence-corrected chi connectivity index (χ0v) is 20.2. The van der Waals surface area contributed by atoms with Crippen LogP contribution in [-0.2, 0) is 22.6 Å². The summed E-state index contributed by atoms with van der Waals surface area (Å²) < 4.78 is 5.32. The molecule has 0 atom stereocenters. The van der Waals surface area contributed by atoms with Gasteiger partial charge in [-0.2, -0.15) is 0 Å². The lowest BCUT2D eigenvalue weighted by molar-refractivity contribution is -0.135. The third kappa shape index (κ3) is 6.83. The first-order valence-electron chi connectivity index (χ1n) is 12.6. The molecule has 182 valence electrons. The molecule has 6 heteroatoms. The van der Waals surface area contributed by atoms with E-state index in [2.05, 4.69) is 34.5 Å². The van der Waals surface area contributed by atoms with Crippen LogP contribution in [0.4, 0.5) is 0 Å². The Bertz CT molecular complexity index is 933. The van der Waals surface area contributed by atoms with Crippen molar-refractivity contribution in [2.75, 3.05) is 33.3 Å². The Morgan fingerprint density at radius 3 is 2.32 bits per heavy atom. The summed E-state index contributed by atoms with van der Waals surface area (Å²) in [6.07, 6.45) is 4.79. The average molecular weight is 464 g/mol. The van der Waals surface area contributed by atoms with Gasteiger partial charge >= 0.3 is 0 Å². The van der Waals surface area contributed by atoms with Crippen molar-refractivity contribution < 1.29 is 14.3 Å². The molecule has 2 amide bonds. The van der Waals surface area contributed by atoms with Gasteiger partial charge in [0, 0.05) is 51.1 Å². The van der Waals surface area contributed by atoms with Gasteiger partial charge in [0.1, 0.15) is 5.75 Å². The number of methoxy groups -OCH3 is 1. The Morgan fingerprint density at radius 2 is 1.62 bits per heavy atom. The van der Waals surface area contributed by atoms with E-state index in [4.69, 9.17) is 4.74 Å². The Kier molecular flexibility index (Phi) is 8.58. The van der Waals surface area contributed by atoms with Crippen molar-refractivity contribution >= 4 is 11.8 Å². The molecule has 0 radical (unpaired) electrons. The van der Waals surface area contributed by atoms with E-state index >= 15 is 0 Å². The molecule has 0 bridgehead atoms. The van der Waals surface area contributed by atoms with Crippen LogP contribution < -0.4 is 10.1 Å². The van der Waals surface area contributed by atoms with Gasteiger partial charge in [0.25, 0.3) is 0 Å². The molecule has 2 aromatic carbocycles. The largest absolute Gasteiger partial charge is 0.497 e. The Hall–Kier alpha value is -2.86. The fourth-order valence-electron chi connectivity index (χ4n) is 5.03. The highest BCUT2D eigenvalue weighted by atomic mass is 16.5. The predicted molar refractivity (Wildman–Crippen MR) is 134 cm³/mol. The Balaban J connectivity index is 1.14. The van der Waals surface area contributed by atoms with Crippen molar-refractivity contribution in [2.45, 2.75) is 51.1 Å². The third-order valence-corrected chi connectivity index (χ3v) is 7.16. The Labute approximate surface area is 203 Å². The van der Waals surface area contributed by atoms with Crippen molar-refractivity contribution in [2.24, 2.45) is 5.92 Å². The van der Waals surface area contributed by atoms with E-state index in [1.54, 1.807) is 7.11 Å². The first kappa shape index (κ1) is 24.3. The van der Waals surface area contributed by atoms with Crippen LogP contribution in [0.5, 0.6) is 5.75 Å². The molecule has 2 fully saturated rings. The van der Waals surface area contributed by atoms with Crippen molar-refractivity contribution in [3.63, 3.8) is 0 Å². The number of amides is 2. The van der Waals surface area contributed by atoms with Gasteiger partial charge in [-0.25, -0.2) is 0 Å². The van der Waals surface area contributed by atoms with Gasteiger partial charge in [-0.1, -0.05) is 42.5 Å². The van der Waals surface area contributed by atoms with Gasteiger partial charge in [-0.15, -0.1) is 0 Å². The van der Waals surface area contributed by atoms with Gasteiger partial charge in [0.2, 0.25) is 11.8 Å². The number of nitrogens with zero attached hydrogens (tertiary/aromatic N) is 2. The molecule has 0 saturated carbocycles. The summed E-state index contributed by atoms with van der Waals surface area (Å²) in [5, 5.41) is 3.29. The van der Waals surface area contributed by atoms with Crippen LogP contribution >= 0.6 is 0 Å². The summed E-state index contributed by atoms with van der Waals surface area (Å²) in [7, 11) is 1.70. The second-order valence-corrected chi connectivity index (χ2v) is 9.55. The fraction of sp³-hybridized carbons (Fsp3) is 0.500. The molecule has 0 aliphatic carbocycles. The van der Waals surface area contributed by atoms with Crippen molar-refractivity contribution in [3.8, 4) is 5.75 Å². The molecule has 0 spiro atoms. The highest BCUT2D eigenvalue weighted by Gasteiger charge is 2.29. The van der Waals surface area contributed by atoms with Gasteiger partial charge in [0.15, 0.2) is 0 Å². The van der Waals surface area contributed by atoms with Crippen LogP contribution in [0.1, 0.15) is 43.2 Å². The molecule has 2 aliphatic heterocycles. The summed E-state index contributed by atoms with van der Waals surface area (Å²) in [6, 6.07) is 18.6. The number of benzene rings is 2. The first-order valence-corrected chi connectivity index (χ1v) is 12.6. The van der Waals surface area contributed by atoms with Crippen molar-refractivity contribution in [3.05, 3.63) is 65.7 Å². The van der Waals surface area contributed by atoms with E-state index in [1.165, 1.54) is 11.1 Å². The summed E-state index contributed by atoms with van der Waals surface area (Å²) in [5.74, 6) is 1.28. The van der Waals surface area contributed by atoms with E-state index in [-0.39, 0.29) is 23.8 Å². The number of aryl methyl sites for hydroxylation is 1. The third-order valence-electron chi connectivity index (χ3n) is 7.16. The molecular weight excluding hydrogens is 426 g/mol. The molecule has 2 aliphatic rings.